The van der Waals surface area contributed by atoms with Gasteiger partial charge in [0, 0.05) is 30.0 Å². The largest absolute Gasteiger partial charge is 0.488 e. The van der Waals surface area contributed by atoms with Crippen molar-refractivity contribution >= 4 is 16.9 Å². The molecule has 0 saturated carbocycles. The van der Waals surface area contributed by atoms with Crippen LogP contribution in [0.15, 0.2) is 24.4 Å². The lowest BCUT2D eigenvalue weighted by atomic mass is 10.0. The molecule has 146 valence electrons. The zero-order valence-electron chi connectivity index (χ0n) is 15.7. The van der Waals surface area contributed by atoms with E-state index in [1.807, 2.05) is 19.1 Å². The molecule has 4 rings (SSSR count). The average Bonchev–Trinajstić information content (AvgIpc) is 2.69. The number of ether oxygens (including phenoxy) is 3. The van der Waals surface area contributed by atoms with Crippen LogP contribution in [0, 0.1) is 12.7 Å². The Morgan fingerprint density at radius 3 is 2.64 bits per heavy atom. The molecule has 0 atom stereocenters. The van der Waals surface area contributed by atoms with Gasteiger partial charge in [-0.25, -0.2) is 19.3 Å². The number of anilines is 1. The minimum atomic E-state index is -0.530. The summed E-state index contributed by atoms with van der Waals surface area (Å²) in [5, 5.41) is 0.796. The second kappa shape index (κ2) is 7.55. The van der Waals surface area contributed by atoms with Crippen molar-refractivity contribution in [2.24, 2.45) is 0 Å². The number of halogens is 1. The number of pyridine rings is 1. The number of fused-ring (bicyclic) bond motifs is 1. The summed E-state index contributed by atoms with van der Waals surface area (Å²) < 4.78 is 30.7. The SMILES string of the molecule is COc1ncc(-c2cc(OC3CCOCC3)c3nc(N)nc(C)c3c2)cc1F. The van der Waals surface area contributed by atoms with Crippen LogP contribution in [0.25, 0.3) is 22.0 Å². The van der Waals surface area contributed by atoms with Crippen LogP contribution >= 0.6 is 0 Å². The standard InChI is InChI=1S/C20H21FN4O3/c1-11-15-7-12(13-8-16(21)19(26-2)23-10-13)9-17(18(15)25-20(22)24-11)28-14-3-5-27-6-4-14/h7-10,14H,3-6H2,1-2H3,(H2,22,24,25). The summed E-state index contributed by atoms with van der Waals surface area (Å²) in [4.78, 5) is 12.7. The number of nitrogens with two attached hydrogens (primary N) is 1. The maximum absolute atomic E-state index is 14.2. The second-order valence-electron chi connectivity index (χ2n) is 6.68. The van der Waals surface area contributed by atoms with Crippen LogP contribution in [0.3, 0.4) is 0 Å². The van der Waals surface area contributed by atoms with Gasteiger partial charge in [0.15, 0.2) is 5.82 Å². The molecule has 7 nitrogen and oxygen atoms in total. The van der Waals surface area contributed by atoms with Gasteiger partial charge in [-0.1, -0.05) is 0 Å². The van der Waals surface area contributed by atoms with E-state index in [1.54, 1.807) is 6.20 Å². The van der Waals surface area contributed by atoms with Gasteiger partial charge in [0.1, 0.15) is 17.4 Å². The van der Waals surface area contributed by atoms with Crippen molar-refractivity contribution in [1.82, 2.24) is 15.0 Å². The van der Waals surface area contributed by atoms with E-state index in [2.05, 4.69) is 15.0 Å². The Kier molecular flexibility index (Phi) is 4.95. The van der Waals surface area contributed by atoms with Gasteiger partial charge in [0.05, 0.1) is 26.0 Å². The maximum atomic E-state index is 14.2. The number of aromatic nitrogens is 3. The highest BCUT2D eigenvalue weighted by Crippen LogP contribution is 2.35. The van der Waals surface area contributed by atoms with Crippen LogP contribution < -0.4 is 15.2 Å². The monoisotopic (exact) mass is 384 g/mol. The van der Waals surface area contributed by atoms with Gasteiger partial charge in [-0.05, 0) is 30.7 Å². The van der Waals surface area contributed by atoms with Crippen molar-refractivity contribution in [1.29, 1.82) is 0 Å². The molecule has 1 saturated heterocycles. The van der Waals surface area contributed by atoms with E-state index in [-0.39, 0.29) is 17.9 Å². The summed E-state index contributed by atoms with van der Waals surface area (Å²) in [5.74, 6) is 0.201. The number of benzene rings is 1. The topological polar surface area (TPSA) is 92.4 Å². The first-order chi connectivity index (χ1) is 13.5. The van der Waals surface area contributed by atoms with Gasteiger partial charge in [0.25, 0.3) is 0 Å². The molecule has 0 amide bonds. The highest BCUT2D eigenvalue weighted by Gasteiger charge is 2.19. The minimum Gasteiger partial charge on any atom is -0.488 e. The number of hydrogen-bond donors (Lipinski definition) is 1. The third-order valence-corrected chi connectivity index (χ3v) is 4.77. The molecule has 1 aliphatic heterocycles. The summed E-state index contributed by atoms with van der Waals surface area (Å²) >= 11 is 0. The first kappa shape index (κ1) is 18.4. The lowest BCUT2D eigenvalue weighted by Crippen LogP contribution is -2.26. The van der Waals surface area contributed by atoms with Gasteiger partial charge < -0.3 is 19.9 Å². The van der Waals surface area contributed by atoms with Crippen LogP contribution in [0.2, 0.25) is 0 Å². The summed E-state index contributed by atoms with van der Waals surface area (Å²) in [6.45, 7) is 3.17. The van der Waals surface area contributed by atoms with Crippen LogP contribution in [0.1, 0.15) is 18.5 Å². The minimum absolute atomic E-state index is 0.0226. The molecule has 0 radical (unpaired) electrons. The van der Waals surface area contributed by atoms with Crippen molar-refractivity contribution in [2.75, 3.05) is 26.1 Å². The molecule has 0 unspecified atom stereocenters. The average molecular weight is 384 g/mol. The van der Waals surface area contributed by atoms with Gasteiger partial charge in [-0.2, -0.15) is 0 Å². The van der Waals surface area contributed by atoms with Crippen molar-refractivity contribution < 1.29 is 18.6 Å². The summed E-state index contributed by atoms with van der Waals surface area (Å²) in [6.07, 6.45) is 3.18. The van der Waals surface area contributed by atoms with Gasteiger partial charge in [-0.3, -0.25) is 0 Å². The van der Waals surface area contributed by atoms with Crippen LogP contribution in [-0.2, 0) is 4.74 Å². The molecule has 1 fully saturated rings. The molecule has 3 aromatic rings. The van der Waals surface area contributed by atoms with Crippen molar-refractivity contribution in [2.45, 2.75) is 25.9 Å². The van der Waals surface area contributed by atoms with E-state index in [0.717, 1.165) is 29.5 Å². The maximum Gasteiger partial charge on any atom is 0.250 e. The predicted octanol–water partition coefficient (Wildman–Crippen LogP) is 3.29. The van der Waals surface area contributed by atoms with Crippen molar-refractivity contribution in [3.05, 3.63) is 35.9 Å². The lowest BCUT2D eigenvalue weighted by Gasteiger charge is -2.24. The molecule has 0 bridgehead atoms. The number of aryl methyl sites for hydroxylation is 1. The Bertz CT molecular complexity index is 1020. The third-order valence-electron chi connectivity index (χ3n) is 4.77. The third kappa shape index (κ3) is 3.55. The number of nitrogens with zero attached hydrogens (tertiary/aromatic N) is 3. The molecule has 2 aromatic heterocycles. The Morgan fingerprint density at radius 2 is 1.93 bits per heavy atom. The molecule has 0 spiro atoms. The highest BCUT2D eigenvalue weighted by molar-refractivity contribution is 5.91. The number of methoxy groups -OCH3 is 1. The Labute approximate surface area is 161 Å². The Balaban J connectivity index is 1.84. The number of rotatable bonds is 4. The fourth-order valence-corrected chi connectivity index (χ4v) is 3.33. The van der Waals surface area contributed by atoms with E-state index >= 15 is 0 Å². The zero-order chi connectivity index (χ0) is 19.7. The van der Waals surface area contributed by atoms with Gasteiger partial charge in [0.2, 0.25) is 11.8 Å². The van der Waals surface area contributed by atoms with Crippen LogP contribution in [0.5, 0.6) is 11.6 Å². The normalized spacial score (nSPS) is 15.0. The van der Waals surface area contributed by atoms with Crippen LogP contribution in [-0.4, -0.2) is 41.4 Å². The molecule has 1 aliphatic rings. The fourth-order valence-electron chi connectivity index (χ4n) is 3.33. The number of nitrogen functional groups attached to an aromatic ring is 1. The van der Waals surface area contributed by atoms with E-state index in [0.29, 0.717) is 30.0 Å². The van der Waals surface area contributed by atoms with Gasteiger partial charge >= 0.3 is 0 Å². The smallest absolute Gasteiger partial charge is 0.250 e. The van der Waals surface area contributed by atoms with E-state index in [4.69, 9.17) is 19.9 Å². The molecule has 2 N–H and O–H groups in total. The quantitative estimate of drug-likeness (QED) is 0.738. The highest BCUT2D eigenvalue weighted by atomic mass is 19.1. The lowest BCUT2D eigenvalue weighted by molar-refractivity contribution is 0.0261. The first-order valence-corrected chi connectivity index (χ1v) is 9.07. The summed E-state index contributed by atoms with van der Waals surface area (Å²) in [5.41, 5.74) is 8.58. The van der Waals surface area contributed by atoms with Crippen LogP contribution in [0.4, 0.5) is 10.3 Å². The zero-order valence-corrected chi connectivity index (χ0v) is 15.7. The summed E-state index contributed by atoms with van der Waals surface area (Å²) in [7, 11) is 1.38. The molecular weight excluding hydrogens is 363 g/mol. The van der Waals surface area contributed by atoms with E-state index in [9.17, 15) is 4.39 Å². The first-order valence-electron chi connectivity index (χ1n) is 9.07. The predicted molar refractivity (Wildman–Crippen MR) is 103 cm³/mol. The molecule has 8 heteroatoms. The van der Waals surface area contributed by atoms with E-state index in [1.165, 1.54) is 13.2 Å². The molecule has 3 heterocycles. The van der Waals surface area contributed by atoms with Crippen molar-refractivity contribution in [3.63, 3.8) is 0 Å². The molecular formula is C20H21FN4O3. The molecule has 28 heavy (non-hydrogen) atoms. The molecule has 1 aromatic carbocycles. The Hall–Kier alpha value is -3.00. The molecule has 0 aliphatic carbocycles. The van der Waals surface area contributed by atoms with Gasteiger partial charge in [-0.15, -0.1) is 0 Å². The van der Waals surface area contributed by atoms with Crippen molar-refractivity contribution in [3.8, 4) is 22.8 Å². The van der Waals surface area contributed by atoms with E-state index < -0.39 is 5.82 Å². The number of hydrogen-bond acceptors (Lipinski definition) is 7. The second-order valence-corrected chi connectivity index (χ2v) is 6.68. The fraction of sp³-hybridized carbons (Fsp3) is 0.350. The summed E-state index contributed by atoms with van der Waals surface area (Å²) in [6, 6.07) is 5.12. The Morgan fingerprint density at radius 1 is 1.14 bits per heavy atom.